The molecule has 1 amide bonds. The minimum absolute atomic E-state index is 0.0369. The van der Waals surface area contributed by atoms with Crippen LogP contribution in [-0.2, 0) is 0 Å². The van der Waals surface area contributed by atoms with Crippen LogP contribution in [0.2, 0.25) is 5.02 Å². The zero-order valence-corrected chi connectivity index (χ0v) is 17.2. The predicted molar refractivity (Wildman–Crippen MR) is 115 cm³/mol. The number of nitrogens with one attached hydrogen (secondary N) is 2. The first kappa shape index (κ1) is 20.2. The Morgan fingerprint density at radius 3 is 2.60 bits per heavy atom. The maximum absolute atomic E-state index is 13.2. The van der Waals surface area contributed by atoms with Crippen LogP contribution in [0, 0.1) is 5.82 Å². The van der Waals surface area contributed by atoms with Gasteiger partial charge in [-0.2, -0.15) is 5.10 Å². The van der Waals surface area contributed by atoms with E-state index in [1.807, 2.05) is 30.3 Å². The Kier molecular flexibility index (Phi) is 5.90. The highest BCUT2D eigenvalue weighted by atomic mass is 35.5. The number of anilines is 1. The van der Waals surface area contributed by atoms with Crippen molar-refractivity contribution in [3.05, 3.63) is 64.9 Å². The molecule has 1 aliphatic heterocycles. The van der Waals surface area contributed by atoms with Crippen LogP contribution < -0.4 is 15.0 Å². The molecular weight excluding hydrogens is 407 g/mol. The van der Waals surface area contributed by atoms with Crippen LogP contribution >= 0.6 is 11.6 Å². The van der Waals surface area contributed by atoms with Gasteiger partial charge in [-0.25, -0.2) is 4.39 Å². The number of aromatic amines is 1. The van der Waals surface area contributed by atoms with E-state index >= 15 is 0 Å². The summed E-state index contributed by atoms with van der Waals surface area (Å²) in [5, 5.41) is 10.6. The highest BCUT2D eigenvalue weighted by molar-refractivity contribution is 6.33. The van der Waals surface area contributed by atoms with Crippen LogP contribution in [0.5, 0.6) is 5.75 Å². The highest BCUT2D eigenvalue weighted by Crippen LogP contribution is 2.26. The molecule has 8 heteroatoms. The molecule has 0 unspecified atom stereocenters. The van der Waals surface area contributed by atoms with E-state index in [0.29, 0.717) is 0 Å². The largest absolute Gasteiger partial charge is 0.497 e. The van der Waals surface area contributed by atoms with E-state index in [4.69, 9.17) is 16.3 Å². The fraction of sp³-hybridized carbons (Fsp3) is 0.273. The van der Waals surface area contributed by atoms with Crippen molar-refractivity contribution in [2.45, 2.75) is 18.9 Å². The summed E-state index contributed by atoms with van der Waals surface area (Å²) in [6.07, 6.45) is 1.57. The summed E-state index contributed by atoms with van der Waals surface area (Å²) in [5.74, 6) is 0.953. The van der Waals surface area contributed by atoms with Gasteiger partial charge in [-0.15, -0.1) is 0 Å². The summed E-state index contributed by atoms with van der Waals surface area (Å²) in [7, 11) is 1.64. The molecule has 0 bridgehead atoms. The van der Waals surface area contributed by atoms with Crippen molar-refractivity contribution in [1.29, 1.82) is 0 Å². The number of carbonyl (C=O) groups excluding carboxylic acids is 1. The Balaban J connectivity index is 1.34. The fourth-order valence-corrected chi connectivity index (χ4v) is 3.83. The number of carbonyl (C=O) groups is 1. The third kappa shape index (κ3) is 4.41. The Labute approximate surface area is 179 Å². The number of halogens is 2. The molecule has 1 aromatic heterocycles. The van der Waals surface area contributed by atoms with E-state index in [1.165, 1.54) is 12.1 Å². The molecule has 1 fully saturated rings. The molecule has 4 rings (SSSR count). The maximum Gasteiger partial charge on any atom is 0.253 e. The lowest BCUT2D eigenvalue weighted by Crippen LogP contribution is -2.44. The molecule has 0 spiro atoms. The topological polar surface area (TPSA) is 70.2 Å². The summed E-state index contributed by atoms with van der Waals surface area (Å²) in [4.78, 5) is 14.6. The van der Waals surface area contributed by atoms with Crippen LogP contribution in [0.1, 0.15) is 23.2 Å². The van der Waals surface area contributed by atoms with Crippen molar-refractivity contribution in [3.63, 3.8) is 0 Å². The minimum Gasteiger partial charge on any atom is -0.497 e. The number of nitrogens with zero attached hydrogens (tertiary/aromatic N) is 2. The lowest BCUT2D eigenvalue weighted by Gasteiger charge is -2.32. The van der Waals surface area contributed by atoms with Gasteiger partial charge >= 0.3 is 0 Å². The zero-order valence-electron chi connectivity index (χ0n) is 16.5. The van der Waals surface area contributed by atoms with Crippen LogP contribution in [-0.4, -0.2) is 42.3 Å². The number of ether oxygens (including phenoxy) is 1. The van der Waals surface area contributed by atoms with Gasteiger partial charge in [0.25, 0.3) is 5.91 Å². The molecular formula is C22H22ClFN4O2. The maximum atomic E-state index is 13.2. The first-order valence-electron chi connectivity index (χ1n) is 9.74. The van der Waals surface area contributed by atoms with Gasteiger partial charge < -0.3 is 15.0 Å². The summed E-state index contributed by atoms with van der Waals surface area (Å²) in [5.41, 5.74) is 2.26. The molecule has 0 radical (unpaired) electrons. The second kappa shape index (κ2) is 8.75. The van der Waals surface area contributed by atoms with Crippen LogP contribution in [0.4, 0.5) is 10.2 Å². The Hall–Kier alpha value is -3.06. The van der Waals surface area contributed by atoms with E-state index < -0.39 is 5.82 Å². The molecule has 156 valence electrons. The molecule has 1 aliphatic rings. The highest BCUT2D eigenvalue weighted by Gasteiger charge is 2.23. The lowest BCUT2D eigenvalue weighted by molar-refractivity contribution is 0.0931. The summed E-state index contributed by atoms with van der Waals surface area (Å²) >= 11 is 5.99. The number of rotatable bonds is 5. The minimum atomic E-state index is -0.460. The van der Waals surface area contributed by atoms with Crippen molar-refractivity contribution in [1.82, 2.24) is 15.5 Å². The predicted octanol–water partition coefficient (Wildman–Crippen LogP) is 4.28. The number of benzene rings is 2. The van der Waals surface area contributed by atoms with Crippen molar-refractivity contribution < 1.29 is 13.9 Å². The van der Waals surface area contributed by atoms with E-state index in [-0.39, 0.29) is 22.5 Å². The SMILES string of the molecule is COc1ccc(-c2cc(N3CCC(NC(=O)c4ccc(F)cc4Cl)CC3)n[nH]2)cc1. The first-order chi connectivity index (χ1) is 14.5. The first-order valence-corrected chi connectivity index (χ1v) is 10.1. The van der Waals surface area contributed by atoms with Gasteiger partial charge in [-0.1, -0.05) is 11.6 Å². The van der Waals surface area contributed by atoms with Gasteiger partial charge in [0.1, 0.15) is 11.6 Å². The number of hydrogen-bond acceptors (Lipinski definition) is 4. The third-order valence-electron chi connectivity index (χ3n) is 5.30. The number of aromatic nitrogens is 2. The van der Waals surface area contributed by atoms with Crippen molar-refractivity contribution in [2.24, 2.45) is 0 Å². The molecule has 0 saturated carbocycles. The molecule has 2 aromatic carbocycles. The number of piperidine rings is 1. The van der Waals surface area contributed by atoms with Crippen molar-refractivity contribution >= 4 is 23.3 Å². The van der Waals surface area contributed by atoms with E-state index in [1.54, 1.807) is 7.11 Å². The van der Waals surface area contributed by atoms with E-state index in [0.717, 1.165) is 54.8 Å². The van der Waals surface area contributed by atoms with Gasteiger partial charge in [-0.3, -0.25) is 9.89 Å². The number of amides is 1. The van der Waals surface area contributed by atoms with Gasteiger partial charge in [0.2, 0.25) is 0 Å². The monoisotopic (exact) mass is 428 g/mol. The average molecular weight is 429 g/mol. The summed E-state index contributed by atoms with van der Waals surface area (Å²) in [6, 6.07) is 13.7. The average Bonchev–Trinajstić information content (AvgIpc) is 3.24. The summed E-state index contributed by atoms with van der Waals surface area (Å²) in [6.45, 7) is 1.55. The van der Waals surface area contributed by atoms with E-state index in [2.05, 4.69) is 20.4 Å². The number of hydrogen-bond donors (Lipinski definition) is 2. The number of methoxy groups -OCH3 is 1. The fourth-order valence-electron chi connectivity index (χ4n) is 3.58. The normalized spacial score (nSPS) is 14.6. The second-order valence-electron chi connectivity index (χ2n) is 7.23. The lowest BCUT2D eigenvalue weighted by atomic mass is 10.0. The van der Waals surface area contributed by atoms with Crippen LogP contribution in [0.15, 0.2) is 48.5 Å². The smallest absolute Gasteiger partial charge is 0.253 e. The van der Waals surface area contributed by atoms with Crippen LogP contribution in [0.3, 0.4) is 0 Å². The Bertz CT molecular complexity index is 1030. The number of H-pyrrole nitrogens is 1. The molecule has 30 heavy (non-hydrogen) atoms. The Morgan fingerprint density at radius 2 is 1.93 bits per heavy atom. The summed E-state index contributed by atoms with van der Waals surface area (Å²) < 4.78 is 18.4. The molecule has 1 saturated heterocycles. The van der Waals surface area contributed by atoms with Gasteiger partial charge in [0, 0.05) is 25.2 Å². The van der Waals surface area contributed by atoms with Gasteiger partial charge in [-0.05, 0) is 60.9 Å². The quantitative estimate of drug-likeness (QED) is 0.636. The second-order valence-corrected chi connectivity index (χ2v) is 7.63. The molecule has 6 nitrogen and oxygen atoms in total. The zero-order chi connectivity index (χ0) is 21.1. The molecule has 2 N–H and O–H groups in total. The van der Waals surface area contributed by atoms with Gasteiger partial charge in [0.15, 0.2) is 5.82 Å². The third-order valence-corrected chi connectivity index (χ3v) is 5.61. The van der Waals surface area contributed by atoms with Gasteiger partial charge in [0.05, 0.1) is 23.4 Å². The molecule has 0 aliphatic carbocycles. The molecule has 3 aromatic rings. The van der Waals surface area contributed by atoms with Crippen LogP contribution in [0.25, 0.3) is 11.3 Å². The Morgan fingerprint density at radius 1 is 1.20 bits per heavy atom. The van der Waals surface area contributed by atoms with E-state index in [9.17, 15) is 9.18 Å². The van der Waals surface area contributed by atoms with Crippen molar-refractivity contribution in [2.75, 3.05) is 25.1 Å². The molecule has 0 atom stereocenters. The standard InChI is InChI=1S/C22H22ClFN4O2/c1-30-17-5-2-14(3-6-17)20-13-21(27-26-20)28-10-8-16(9-11-28)25-22(29)18-7-4-15(24)12-19(18)23/h2-7,12-13,16H,8-11H2,1H3,(H,25,29)(H,26,27). The molecule has 2 heterocycles. The van der Waals surface area contributed by atoms with Crippen molar-refractivity contribution in [3.8, 4) is 17.0 Å².